The first-order chi connectivity index (χ1) is 24.9. The van der Waals surface area contributed by atoms with Gasteiger partial charge in [0.1, 0.15) is 60.5 Å². The van der Waals surface area contributed by atoms with Crippen molar-refractivity contribution in [3.63, 3.8) is 0 Å². The van der Waals surface area contributed by atoms with Gasteiger partial charge in [-0.05, 0) is 37.1 Å². The molecule has 5 aromatic rings. The van der Waals surface area contributed by atoms with Crippen molar-refractivity contribution in [1.29, 1.82) is 0 Å². The SMILES string of the molecule is Cc1cc2nc3c(=O)[nH]c(=O)[nH]c3[n+](C[C@H](O)[C@H](O)[C@H](O)COP(=O)(O)OP(=O)(O)OC[C@@H]3O[C@@H](n4cnc5c(N)ncnc54)[C@H](O)[C@@H]3O)c2cc1C. The van der Waals surface area contributed by atoms with Gasteiger partial charge in [-0.3, -0.25) is 23.4 Å². The molecule has 0 saturated carbocycles. The molecule has 6 rings (SSSR count). The zero-order valence-corrected chi connectivity index (χ0v) is 29.3. The number of fused-ring (bicyclic) bond motifs is 3. The van der Waals surface area contributed by atoms with Gasteiger partial charge in [0.2, 0.25) is 5.52 Å². The maximum atomic E-state index is 12.5. The summed E-state index contributed by atoms with van der Waals surface area (Å²) in [7, 11) is -11.0. The van der Waals surface area contributed by atoms with Crippen LogP contribution in [0.1, 0.15) is 17.4 Å². The number of rotatable bonds is 13. The van der Waals surface area contributed by atoms with Crippen LogP contribution >= 0.6 is 15.6 Å². The van der Waals surface area contributed by atoms with Gasteiger partial charge in [-0.15, -0.1) is 0 Å². The van der Waals surface area contributed by atoms with Crippen LogP contribution in [-0.2, 0) is 33.8 Å². The minimum Gasteiger partial charge on any atom is -0.388 e. The van der Waals surface area contributed by atoms with Crippen LogP contribution in [0.15, 0.2) is 34.4 Å². The normalized spacial score (nSPS) is 23.3. The Labute approximate surface area is 295 Å². The average molecular weight is 787 g/mol. The van der Waals surface area contributed by atoms with E-state index in [9.17, 15) is 54.0 Å². The third-order valence-corrected chi connectivity index (χ3v) is 11.1. The third-order valence-electron chi connectivity index (χ3n) is 8.46. The van der Waals surface area contributed by atoms with Crippen molar-refractivity contribution in [3.8, 4) is 0 Å². The highest BCUT2D eigenvalue weighted by Gasteiger charge is 2.46. The molecule has 24 nitrogen and oxygen atoms in total. The summed E-state index contributed by atoms with van der Waals surface area (Å²) < 4.78 is 46.7. The number of aliphatic hydroxyl groups is 5. The van der Waals surface area contributed by atoms with Gasteiger partial charge in [-0.2, -0.15) is 9.29 Å². The summed E-state index contributed by atoms with van der Waals surface area (Å²) in [5.74, 6) is 0.0305. The molecule has 0 bridgehead atoms. The molecule has 26 heteroatoms. The number of aromatic nitrogens is 8. The zero-order valence-electron chi connectivity index (χ0n) is 27.5. The predicted molar refractivity (Wildman–Crippen MR) is 176 cm³/mol. The summed E-state index contributed by atoms with van der Waals surface area (Å²) in [6.07, 6.45) is -9.88. The van der Waals surface area contributed by atoms with E-state index in [0.717, 1.165) is 17.5 Å². The Kier molecular flexibility index (Phi) is 10.6. The molecule has 2 unspecified atom stereocenters. The summed E-state index contributed by atoms with van der Waals surface area (Å²) >= 11 is 0. The van der Waals surface area contributed by atoms with E-state index in [2.05, 4.69) is 38.7 Å². The standard InChI is InChI=1S/C27H33N9O15P2/c1-10-3-12-13(4-11(10)2)35(24-18(32-12)25(42)34-27(43)33-24)5-14(37)19(39)15(38)6-48-52(44,45)51-53(46,47)49-7-16-20(40)21(41)26(50-16)36-9-31-17-22(28)29-8-30-23(17)36/h3-4,8-9,14-16,19-21,26,37-41H,5-7H2,1-2H3,(H5,28,29,30,34,42,43,44,45,46,47)/p+1/t14-,15+,16-,19-,20+,21+,26+/m0/s1. The monoisotopic (exact) mass is 786 g/mol. The summed E-state index contributed by atoms with van der Waals surface area (Å²) in [6.45, 7) is 0.855. The number of nitrogens with one attached hydrogen (secondary N) is 2. The molecule has 0 radical (unpaired) electrons. The molecule has 0 amide bonds. The van der Waals surface area contributed by atoms with Crippen molar-refractivity contribution in [2.45, 2.75) is 63.2 Å². The minimum atomic E-state index is -5.54. The number of H-pyrrole nitrogens is 2. The maximum Gasteiger partial charge on any atom is 0.481 e. The lowest BCUT2D eigenvalue weighted by Crippen LogP contribution is -2.51. The van der Waals surface area contributed by atoms with Gasteiger partial charge in [0.05, 0.1) is 19.5 Å². The number of phosphoric acid groups is 2. The first kappa shape index (κ1) is 38.6. The number of hydrogen-bond acceptors (Lipinski definition) is 18. The highest BCUT2D eigenvalue weighted by Crippen LogP contribution is 2.60. The van der Waals surface area contributed by atoms with Crippen LogP contribution in [0.25, 0.3) is 33.4 Å². The minimum absolute atomic E-state index is 0.0305. The fraction of sp³-hybridized carbons (Fsp3) is 0.444. The van der Waals surface area contributed by atoms with Crippen molar-refractivity contribution in [2.24, 2.45) is 0 Å². The van der Waals surface area contributed by atoms with E-state index in [-0.39, 0.29) is 28.1 Å². The van der Waals surface area contributed by atoms with Crippen LogP contribution in [0.3, 0.4) is 0 Å². The quantitative estimate of drug-likeness (QED) is 0.0324. The highest BCUT2D eigenvalue weighted by atomic mass is 31.3. The summed E-state index contributed by atoms with van der Waals surface area (Å²) in [5, 5.41) is 53.1. The number of imidazole rings is 1. The van der Waals surface area contributed by atoms with Gasteiger partial charge in [0, 0.05) is 0 Å². The molecule has 4 aromatic heterocycles. The van der Waals surface area contributed by atoms with E-state index in [1.807, 2.05) is 0 Å². The number of aryl methyl sites for hydroxylation is 2. The molecule has 0 aliphatic carbocycles. The Morgan fingerprint density at radius 3 is 2.42 bits per heavy atom. The lowest BCUT2D eigenvalue weighted by atomic mass is 10.1. The molecule has 1 fully saturated rings. The van der Waals surface area contributed by atoms with Gasteiger partial charge < -0.3 is 45.8 Å². The number of anilines is 1. The molecule has 5 heterocycles. The van der Waals surface area contributed by atoms with Crippen LogP contribution in [0.2, 0.25) is 0 Å². The Morgan fingerprint density at radius 2 is 1.68 bits per heavy atom. The topological polar surface area (TPSA) is 365 Å². The Morgan fingerprint density at radius 1 is 0.981 bits per heavy atom. The van der Waals surface area contributed by atoms with Gasteiger partial charge in [0.15, 0.2) is 23.2 Å². The van der Waals surface area contributed by atoms with Crippen molar-refractivity contribution in [2.75, 3.05) is 18.9 Å². The molecule has 9 atom stereocenters. The maximum absolute atomic E-state index is 12.5. The second-order valence-electron chi connectivity index (χ2n) is 12.1. The summed E-state index contributed by atoms with van der Waals surface area (Å²) in [4.78, 5) is 65.4. The van der Waals surface area contributed by atoms with Crippen molar-refractivity contribution in [3.05, 3.63) is 56.8 Å². The van der Waals surface area contributed by atoms with Gasteiger partial charge >= 0.3 is 27.0 Å². The second kappa shape index (κ2) is 14.6. The molecular formula is C27H34N9O15P2+. The Hall–Kier alpha value is -4.13. The number of nitrogen functional groups attached to an aromatic ring is 1. The van der Waals surface area contributed by atoms with Gasteiger partial charge in [0.25, 0.3) is 5.56 Å². The van der Waals surface area contributed by atoms with E-state index in [1.54, 1.807) is 26.0 Å². The number of nitrogens with two attached hydrogens (primary N) is 1. The van der Waals surface area contributed by atoms with E-state index in [1.165, 1.54) is 15.5 Å². The van der Waals surface area contributed by atoms with Crippen LogP contribution in [0.5, 0.6) is 0 Å². The molecule has 1 aliphatic heterocycles. The lowest BCUT2D eigenvalue weighted by molar-refractivity contribution is -0.657. The van der Waals surface area contributed by atoms with Crippen molar-refractivity contribution >= 4 is 54.8 Å². The molecule has 53 heavy (non-hydrogen) atoms. The van der Waals surface area contributed by atoms with Crippen LogP contribution in [0.4, 0.5) is 5.82 Å². The fourth-order valence-corrected chi connectivity index (χ4v) is 7.70. The molecule has 1 aromatic carbocycles. The van der Waals surface area contributed by atoms with Crippen molar-refractivity contribution in [1.82, 2.24) is 34.5 Å². The van der Waals surface area contributed by atoms with Gasteiger partial charge in [-0.25, -0.2) is 38.4 Å². The Bertz CT molecular complexity index is 2410. The fourth-order valence-electron chi connectivity index (χ4n) is 5.61. The second-order valence-corrected chi connectivity index (χ2v) is 15.2. The summed E-state index contributed by atoms with van der Waals surface area (Å²) in [6, 6.07) is 3.33. The number of nitrogens with zero attached hydrogens (tertiary/aromatic N) is 6. The predicted octanol–water partition coefficient (Wildman–Crippen LogP) is -2.96. The molecular weight excluding hydrogens is 752 g/mol. The summed E-state index contributed by atoms with van der Waals surface area (Å²) in [5.41, 5.74) is 6.28. The molecule has 0 spiro atoms. The largest absolute Gasteiger partial charge is 0.481 e. The number of hydrogen-bond donors (Lipinski definition) is 10. The number of aliphatic hydroxyl groups excluding tert-OH is 5. The first-order valence-corrected chi connectivity index (χ1v) is 18.5. The first-order valence-electron chi connectivity index (χ1n) is 15.5. The number of aromatic amines is 2. The number of ether oxygens (including phenoxy) is 1. The molecule has 11 N–H and O–H groups in total. The van der Waals surface area contributed by atoms with E-state index < -0.39 is 89.5 Å². The van der Waals surface area contributed by atoms with Gasteiger partial charge in [-0.1, -0.05) is 0 Å². The van der Waals surface area contributed by atoms with Crippen molar-refractivity contribution < 1.29 is 67.1 Å². The zero-order chi connectivity index (χ0) is 38.6. The van der Waals surface area contributed by atoms with Crippen LogP contribution in [-0.4, -0.2) is 120 Å². The number of benzene rings is 1. The molecule has 1 aliphatic rings. The highest BCUT2D eigenvalue weighted by molar-refractivity contribution is 7.61. The third kappa shape index (κ3) is 7.91. The average Bonchev–Trinajstić information content (AvgIpc) is 3.63. The van der Waals surface area contributed by atoms with Crippen LogP contribution in [0, 0.1) is 13.8 Å². The van der Waals surface area contributed by atoms with Crippen LogP contribution < -0.4 is 21.5 Å². The number of phosphoric ester groups is 2. The Balaban J connectivity index is 1.07. The van der Waals surface area contributed by atoms with E-state index in [4.69, 9.17) is 15.0 Å². The smallest absolute Gasteiger partial charge is 0.388 e. The molecule has 1 saturated heterocycles. The molecule has 286 valence electrons. The van der Waals surface area contributed by atoms with E-state index >= 15 is 0 Å². The lowest BCUT2D eigenvalue weighted by Gasteiger charge is -2.24. The van der Waals surface area contributed by atoms with E-state index in [0.29, 0.717) is 11.0 Å².